The Morgan fingerprint density at radius 2 is 2.12 bits per heavy atom. The van der Waals surface area contributed by atoms with Crippen LogP contribution in [0, 0.1) is 6.92 Å². The van der Waals surface area contributed by atoms with Crippen molar-refractivity contribution >= 4 is 16.7 Å². The molecule has 0 saturated carbocycles. The smallest absolute Gasteiger partial charge is 0.183 e. The molecular weight excluding hydrogens is 326 g/mol. The number of hydrogen-bond donors (Lipinski definition) is 1. The van der Waals surface area contributed by atoms with Crippen LogP contribution in [0.4, 0.5) is 5.82 Å². The molecule has 1 unspecified atom stereocenters. The lowest BCUT2D eigenvalue weighted by atomic mass is 9.99. The van der Waals surface area contributed by atoms with E-state index in [1.807, 2.05) is 19.1 Å². The first-order valence-corrected chi connectivity index (χ1v) is 9.42. The van der Waals surface area contributed by atoms with Crippen LogP contribution >= 0.6 is 0 Å². The molecule has 4 heterocycles. The highest BCUT2D eigenvalue weighted by atomic mass is 15.3. The Kier molecular flexibility index (Phi) is 3.81. The van der Waals surface area contributed by atoms with E-state index in [0.29, 0.717) is 11.9 Å². The van der Waals surface area contributed by atoms with Gasteiger partial charge >= 0.3 is 0 Å². The number of nitrogens with zero attached hydrogens (tertiary/aromatic N) is 6. The summed E-state index contributed by atoms with van der Waals surface area (Å²) in [6.07, 6.45) is 5.76. The monoisotopic (exact) mass is 349 g/mol. The highest BCUT2D eigenvalue weighted by molar-refractivity contribution is 5.85. The summed E-state index contributed by atoms with van der Waals surface area (Å²) in [6, 6.07) is 6.80. The lowest BCUT2D eigenvalue weighted by molar-refractivity contribution is 0.133. The molecule has 2 aliphatic heterocycles. The molecule has 7 nitrogen and oxygen atoms in total. The average Bonchev–Trinajstić information content (AvgIpc) is 3.08. The molecule has 2 aliphatic rings. The first kappa shape index (κ1) is 15.7. The number of aryl methyl sites for hydroxylation is 1. The highest BCUT2D eigenvalue weighted by Crippen LogP contribution is 2.26. The summed E-state index contributed by atoms with van der Waals surface area (Å²) in [5.74, 6) is 1.61. The van der Waals surface area contributed by atoms with Crippen LogP contribution in [-0.4, -0.2) is 62.5 Å². The van der Waals surface area contributed by atoms with Crippen LogP contribution in [0.1, 0.15) is 25.0 Å². The SMILES string of the molecule is Cc1n[nH]c2ccc(-c3nncc(N4CCN5CCCCC5C4)n3)cc12. The van der Waals surface area contributed by atoms with E-state index >= 15 is 0 Å². The Morgan fingerprint density at radius 3 is 3.08 bits per heavy atom. The van der Waals surface area contributed by atoms with Gasteiger partial charge in [0.2, 0.25) is 0 Å². The second-order valence-electron chi connectivity index (χ2n) is 7.34. The molecule has 2 fully saturated rings. The van der Waals surface area contributed by atoms with Gasteiger partial charge in [-0.05, 0) is 44.5 Å². The zero-order valence-corrected chi connectivity index (χ0v) is 15.0. The number of aromatic amines is 1. The van der Waals surface area contributed by atoms with Crippen molar-refractivity contribution < 1.29 is 0 Å². The van der Waals surface area contributed by atoms with Gasteiger partial charge in [0.05, 0.1) is 17.4 Å². The topological polar surface area (TPSA) is 73.8 Å². The van der Waals surface area contributed by atoms with Crippen LogP contribution in [0.15, 0.2) is 24.4 Å². The summed E-state index contributed by atoms with van der Waals surface area (Å²) in [6.45, 7) is 6.41. The third-order valence-electron chi connectivity index (χ3n) is 5.72. The van der Waals surface area contributed by atoms with Crippen LogP contribution in [0.2, 0.25) is 0 Å². The van der Waals surface area contributed by atoms with Crippen LogP contribution < -0.4 is 4.90 Å². The predicted octanol–water partition coefficient (Wildman–Crippen LogP) is 2.40. The number of fused-ring (bicyclic) bond motifs is 2. The number of piperazine rings is 1. The normalized spacial score (nSPS) is 21.1. The minimum atomic E-state index is 0.654. The fraction of sp³-hybridized carbons (Fsp3) is 0.474. The van der Waals surface area contributed by atoms with Gasteiger partial charge in [0.15, 0.2) is 11.6 Å². The second-order valence-corrected chi connectivity index (χ2v) is 7.34. The van der Waals surface area contributed by atoms with Crippen molar-refractivity contribution in [2.75, 3.05) is 31.1 Å². The average molecular weight is 349 g/mol. The maximum atomic E-state index is 4.83. The van der Waals surface area contributed by atoms with Crippen molar-refractivity contribution in [1.29, 1.82) is 0 Å². The standard InChI is InChI=1S/C19H23N7/c1-13-16-10-14(5-6-17(16)23-22-13)19-21-18(11-20-24-19)26-9-8-25-7-3-2-4-15(25)12-26/h5-6,10-11,15H,2-4,7-9,12H2,1H3,(H,22,23). The van der Waals surface area contributed by atoms with E-state index in [-0.39, 0.29) is 0 Å². The zero-order valence-electron chi connectivity index (χ0n) is 15.0. The van der Waals surface area contributed by atoms with Crippen LogP contribution in [0.25, 0.3) is 22.3 Å². The van der Waals surface area contributed by atoms with Gasteiger partial charge in [-0.1, -0.05) is 6.42 Å². The van der Waals surface area contributed by atoms with E-state index in [0.717, 1.165) is 47.6 Å². The van der Waals surface area contributed by atoms with Gasteiger partial charge in [0.25, 0.3) is 0 Å². The molecule has 134 valence electrons. The van der Waals surface area contributed by atoms with E-state index in [2.05, 4.69) is 36.3 Å². The number of nitrogens with one attached hydrogen (secondary N) is 1. The van der Waals surface area contributed by atoms with Crippen molar-refractivity contribution in [3.8, 4) is 11.4 Å². The number of anilines is 1. The summed E-state index contributed by atoms with van der Waals surface area (Å²) in [5, 5.41) is 16.9. The molecule has 7 heteroatoms. The van der Waals surface area contributed by atoms with Gasteiger partial charge in [0, 0.05) is 36.6 Å². The lowest BCUT2D eigenvalue weighted by Gasteiger charge is -2.44. The van der Waals surface area contributed by atoms with Gasteiger partial charge in [-0.15, -0.1) is 5.10 Å². The molecule has 0 radical (unpaired) electrons. The predicted molar refractivity (Wildman–Crippen MR) is 101 cm³/mol. The molecule has 5 rings (SSSR count). The van der Waals surface area contributed by atoms with Gasteiger partial charge < -0.3 is 4.90 Å². The molecule has 1 atom stereocenters. The van der Waals surface area contributed by atoms with Crippen LogP contribution in [-0.2, 0) is 0 Å². The molecule has 1 aromatic carbocycles. The maximum absolute atomic E-state index is 4.83. The van der Waals surface area contributed by atoms with Crippen LogP contribution in [0.3, 0.4) is 0 Å². The van der Waals surface area contributed by atoms with Crippen molar-refractivity contribution in [2.45, 2.75) is 32.2 Å². The maximum Gasteiger partial charge on any atom is 0.183 e. The summed E-state index contributed by atoms with van der Waals surface area (Å²) in [7, 11) is 0. The zero-order chi connectivity index (χ0) is 17.5. The summed E-state index contributed by atoms with van der Waals surface area (Å²) in [5.41, 5.74) is 3.00. The fourth-order valence-corrected chi connectivity index (χ4v) is 4.22. The van der Waals surface area contributed by atoms with Crippen molar-refractivity contribution in [2.24, 2.45) is 0 Å². The molecule has 0 spiro atoms. The van der Waals surface area contributed by atoms with Gasteiger partial charge in [-0.25, -0.2) is 4.98 Å². The number of piperidine rings is 1. The lowest BCUT2D eigenvalue weighted by Crippen LogP contribution is -2.55. The Bertz CT molecular complexity index is 935. The molecular formula is C19H23N7. The number of hydrogen-bond acceptors (Lipinski definition) is 6. The Labute approximate surface area is 152 Å². The number of benzene rings is 1. The minimum Gasteiger partial charge on any atom is -0.352 e. The highest BCUT2D eigenvalue weighted by Gasteiger charge is 2.29. The van der Waals surface area contributed by atoms with Crippen LogP contribution in [0.5, 0.6) is 0 Å². The van der Waals surface area contributed by atoms with E-state index in [9.17, 15) is 0 Å². The first-order chi connectivity index (χ1) is 12.8. The summed E-state index contributed by atoms with van der Waals surface area (Å²) >= 11 is 0. The van der Waals surface area contributed by atoms with Crippen molar-refractivity contribution in [1.82, 2.24) is 30.3 Å². The fourth-order valence-electron chi connectivity index (χ4n) is 4.22. The van der Waals surface area contributed by atoms with Crippen molar-refractivity contribution in [3.63, 3.8) is 0 Å². The summed E-state index contributed by atoms with van der Waals surface area (Å²) < 4.78 is 0. The third kappa shape index (κ3) is 2.72. The third-order valence-corrected chi connectivity index (χ3v) is 5.72. The quantitative estimate of drug-likeness (QED) is 0.766. The minimum absolute atomic E-state index is 0.654. The van der Waals surface area contributed by atoms with Crippen molar-refractivity contribution in [3.05, 3.63) is 30.1 Å². The van der Waals surface area contributed by atoms with E-state index in [1.54, 1.807) is 6.20 Å². The number of aromatic nitrogens is 5. The molecule has 0 aliphatic carbocycles. The second kappa shape index (κ2) is 6.32. The molecule has 3 aromatic rings. The summed E-state index contributed by atoms with van der Waals surface area (Å²) in [4.78, 5) is 9.83. The van der Waals surface area contributed by atoms with Gasteiger partial charge in [-0.3, -0.25) is 10.00 Å². The molecule has 26 heavy (non-hydrogen) atoms. The molecule has 0 bridgehead atoms. The van der Waals surface area contributed by atoms with E-state index < -0.39 is 0 Å². The molecule has 0 amide bonds. The molecule has 1 N–H and O–H groups in total. The Hall–Kier alpha value is -2.54. The van der Waals surface area contributed by atoms with Gasteiger partial charge in [0.1, 0.15) is 0 Å². The Morgan fingerprint density at radius 1 is 1.15 bits per heavy atom. The number of rotatable bonds is 2. The molecule has 2 saturated heterocycles. The van der Waals surface area contributed by atoms with Gasteiger partial charge in [-0.2, -0.15) is 10.2 Å². The number of H-pyrrole nitrogens is 1. The van der Waals surface area contributed by atoms with E-state index in [4.69, 9.17) is 4.98 Å². The Balaban J connectivity index is 1.44. The largest absolute Gasteiger partial charge is 0.352 e. The van der Waals surface area contributed by atoms with E-state index in [1.165, 1.54) is 25.8 Å². The molecule has 2 aromatic heterocycles. The first-order valence-electron chi connectivity index (χ1n) is 9.42.